The minimum atomic E-state index is 0.375. The lowest BCUT2D eigenvalue weighted by atomic mass is 10.5. The van der Waals surface area contributed by atoms with Gasteiger partial charge < -0.3 is 10.3 Å². The molecule has 14 heavy (non-hydrogen) atoms. The van der Waals surface area contributed by atoms with E-state index in [0.29, 0.717) is 24.1 Å². The van der Waals surface area contributed by atoms with Crippen LogP contribution >= 0.6 is 0 Å². The van der Waals surface area contributed by atoms with Gasteiger partial charge in [0.05, 0.1) is 6.20 Å². The molecule has 0 atom stereocenters. The van der Waals surface area contributed by atoms with Crippen LogP contribution in [0.5, 0.6) is 0 Å². The summed E-state index contributed by atoms with van der Waals surface area (Å²) in [7, 11) is 0. The molecule has 7 heteroatoms. The molecule has 0 amide bonds. The highest BCUT2D eigenvalue weighted by Crippen LogP contribution is 2.01. The van der Waals surface area contributed by atoms with Gasteiger partial charge >= 0.3 is 0 Å². The lowest BCUT2D eigenvalue weighted by molar-refractivity contribution is 0.360. The molecule has 2 aromatic rings. The number of anilines is 1. The van der Waals surface area contributed by atoms with E-state index < -0.39 is 0 Å². The number of hydrogen-bond acceptors (Lipinski definition) is 6. The molecule has 0 aliphatic rings. The van der Waals surface area contributed by atoms with Crippen molar-refractivity contribution in [2.45, 2.75) is 19.9 Å². The maximum Gasteiger partial charge on any atom is 0.248 e. The van der Waals surface area contributed by atoms with Gasteiger partial charge in [0.15, 0.2) is 11.6 Å². The highest BCUT2D eigenvalue weighted by molar-refractivity contribution is 5.19. The summed E-state index contributed by atoms with van der Waals surface area (Å²) in [6.07, 6.45) is 2.36. The van der Waals surface area contributed by atoms with Gasteiger partial charge in [0.1, 0.15) is 6.54 Å². The van der Waals surface area contributed by atoms with Gasteiger partial charge in [-0.2, -0.15) is 4.98 Å². The third kappa shape index (κ3) is 1.70. The average molecular weight is 194 g/mol. The largest absolute Gasteiger partial charge is 0.381 e. The normalized spacial score (nSPS) is 10.6. The Balaban J connectivity index is 2.10. The maximum atomic E-state index is 5.40. The highest BCUT2D eigenvalue weighted by Gasteiger charge is 2.06. The molecule has 0 aromatic carbocycles. The zero-order valence-corrected chi connectivity index (χ0v) is 7.71. The Labute approximate surface area is 79.9 Å². The van der Waals surface area contributed by atoms with Crippen LogP contribution in [-0.2, 0) is 13.0 Å². The lowest BCUT2D eigenvalue weighted by Crippen LogP contribution is -2.00. The predicted octanol–water partition coefficient (Wildman–Crippen LogP) is -0.146. The predicted molar refractivity (Wildman–Crippen MR) is 47.2 cm³/mol. The Kier molecular flexibility index (Phi) is 2.13. The first-order valence-corrected chi connectivity index (χ1v) is 4.25. The molecule has 0 radical (unpaired) electrons. The molecule has 0 saturated heterocycles. The summed E-state index contributed by atoms with van der Waals surface area (Å²) in [5, 5.41) is 11.2. The van der Waals surface area contributed by atoms with E-state index >= 15 is 0 Å². The van der Waals surface area contributed by atoms with Crippen LogP contribution < -0.4 is 5.73 Å². The Hall–Kier alpha value is -1.92. The Morgan fingerprint density at radius 1 is 1.57 bits per heavy atom. The average Bonchev–Trinajstić information content (AvgIpc) is 2.76. The van der Waals surface area contributed by atoms with Crippen molar-refractivity contribution < 1.29 is 4.52 Å². The number of nitrogens with zero attached hydrogens (tertiary/aromatic N) is 5. The summed E-state index contributed by atoms with van der Waals surface area (Å²) in [5.74, 6) is 1.57. The number of rotatable bonds is 3. The third-order valence-electron chi connectivity index (χ3n) is 1.68. The summed E-state index contributed by atoms with van der Waals surface area (Å²) in [6, 6.07) is 0. The number of nitrogen functional groups attached to an aromatic ring is 1. The first-order chi connectivity index (χ1) is 6.78. The topological polar surface area (TPSA) is 95.7 Å². The second kappa shape index (κ2) is 3.44. The second-order valence-electron chi connectivity index (χ2n) is 2.80. The number of aryl methyl sites for hydroxylation is 1. The van der Waals surface area contributed by atoms with Crippen LogP contribution in [0.3, 0.4) is 0 Å². The monoisotopic (exact) mass is 194 g/mol. The van der Waals surface area contributed by atoms with E-state index in [1.54, 1.807) is 10.9 Å². The van der Waals surface area contributed by atoms with Crippen molar-refractivity contribution in [3.8, 4) is 0 Å². The van der Waals surface area contributed by atoms with Gasteiger partial charge in [-0.1, -0.05) is 17.3 Å². The molecule has 74 valence electrons. The third-order valence-corrected chi connectivity index (χ3v) is 1.68. The summed E-state index contributed by atoms with van der Waals surface area (Å²) < 4.78 is 6.52. The van der Waals surface area contributed by atoms with Gasteiger partial charge in [-0.3, -0.25) is 0 Å². The van der Waals surface area contributed by atoms with Crippen molar-refractivity contribution in [1.29, 1.82) is 0 Å². The van der Waals surface area contributed by atoms with Crippen LogP contribution in [0, 0.1) is 0 Å². The molecule has 2 aromatic heterocycles. The van der Waals surface area contributed by atoms with E-state index in [-0.39, 0.29) is 0 Å². The van der Waals surface area contributed by atoms with E-state index in [1.165, 1.54) is 0 Å². The van der Waals surface area contributed by atoms with Crippen molar-refractivity contribution in [2.24, 2.45) is 0 Å². The van der Waals surface area contributed by atoms with Crippen molar-refractivity contribution in [3.63, 3.8) is 0 Å². The molecule has 2 heterocycles. The van der Waals surface area contributed by atoms with Gasteiger partial charge in [0.25, 0.3) is 0 Å². The van der Waals surface area contributed by atoms with Gasteiger partial charge in [-0.15, -0.1) is 5.10 Å². The molecule has 0 aliphatic heterocycles. The SMILES string of the molecule is CCc1noc(Cn2cc(N)nn2)n1. The maximum absolute atomic E-state index is 5.40. The number of nitrogens with two attached hydrogens (primary N) is 1. The van der Waals surface area contributed by atoms with Crippen LogP contribution in [-0.4, -0.2) is 25.1 Å². The highest BCUT2D eigenvalue weighted by atomic mass is 16.5. The molecular weight excluding hydrogens is 184 g/mol. The Morgan fingerprint density at radius 2 is 2.43 bits per heavy atom. The van der Waals surface area contributed by atoms with Gasteiger partial charge in [0.2, 0.25) is 5.89 Å². The summed E-state index contributed by atoms with van der Waals surface area (Å²) >= 11 is 0. The van der Waals surface area contributed by atoms with E-state index in [0.717, 1.165) is 6.42 Å². The molecule has 0 bridgehead atoms. The van der Waals surface area contributed by atoms with Crippen molar-refractivity contribution >= 4 is 5.82 Å². The van der Waals surface area contributed by atoms with E-state index in [1.807, 2.05) is 6.92 Å². The number of aromatic nitrogens is 5. The molecule has 0 aliphatic carbocycles. The van der Waals surface area contributed by atoms with Gasteiger partial charge in [-0.05, 0) is 0 Å². The van der Waals surface area contributed by atoms with Crippen LogP contribution in [0.1, 0.15) is 18.6 Å². The molecule has 2 rings (SSSR count). The molecular formula is C7H10N6O. The summed E-state index contributed by atoms with van der Waals surface area (Å²) in [4.78, 5) is 4.13. The fraction of sp³-hybridized carbons (Fsp3) is 0.429. The van der Waals surface area contributed by atoms with Gasteiger partial charge in [0, 0.05) is 6.42 Å². The standard InChI is InChI=1S/C7H10N6O/c1-2-6-9-7(14-11-6)4-13-3-5(8)10-12-13/h3H,2,4,8H2,1H3. The molecule has 0 spiro atoms. The molecule has 7 nitrogen and oxygen atoms in total. The molecule has 0 unspecified atom stereocenters. The van der Waals surface area contributed by atoms with Crippen molar-refractivity contribution in [3.05, 3.63) is 17.9 Å². The number of hydrogen-bond donors (Lipinski definition) is 1. The first-order valence-electron chi connectivity index (χ1n) is 4.25. The summed E-state index contributed by atoms with van der Waals surface area (Å²) in [6.45, 7) is 2.36. The fourth-order valence-corrected chi connectivity index (χ4v) is 1.03. The zero-order chi connectivity index (χ0) is 9.97. The van der Waals surface area contributed by atoms with Crippen LogP contribution in [0.15, 0.2) is 10.7 Å². The smallest absolute Gasteiger partial charge is 0.248 e. The minimum Gasteiger partial charge on any atom is -0.381 e. The Bertz CT molecular complexity index is 419. The summed E-state index contributed by atoms with van der Waals surface area (Å²) in [5.41, 5.74) is 5.40. The first kappa shape index (κ1) is 8.67. The van der Waals surface area contributed by atoms with Crippen molar-refractivity contribution in [1.82, 2.24) is 25.1 Å². The van der Waals surface area contributed by atoms with E-state index in [2.05, 4.69) is 20.5 Å². The van der Waals surface area contributed by atoms with Crippen LogP contribution in [0.25, 0.3) is 0 Å². The van der Waals surface area contributed by atoms with Crippen LogP contribution in [0.2, 0.25) is 0 Å². The molecule has 2 N–H and O–H groups in total. The van der Waals surface area contributed by atoms with Gasteiger partial charge in [-0.25, -0.2) is 4.68 Å². The Morgan fingerprint density at radius 3 is 3.00 bits per heavy atom. The second-order valence-corrected chi connectivity index (χ2v) is 2.80. The van der Waals surface area contributed by atoms with Crippen molar-refractivity contribution in [2.75, 3.05) is 5.73 Å². The zero-order valence-electron chi connectivity index (χ0n) is 7.71. The van der Waals surface area contributed by atoms with Crippen LogP contribution in [0.4, 0.5) is 5.82 Å². The molecule has 0 fully saturated rings. The van der Waals surface area contributed by atoms with E-state index in [4.69, 9.17) is 10.3 Å². The quantitative estimate of drug-likeness (QED) is 0.730. The minimum absolute atomic E-state index is 0.375. The lowest BCUT2D eigenvalue weighted by Gasteiger charge is -1.91. The fourth-order valence-electron chi connectivity index (χ4n) is 1.03. The van der Waals surface area contributed by atoms with E-state index in [9.17, 15) is 0 Å². The molecule has 0 saturated carbocycles.